The lowest BCUT2D eigenvalue weighted by Gasteiger charge is -2.22. The fraction of sp³-hybridized carbons (Fsp3) is 0.615. The molecule has 0 spiro atoms. The van der Waals surface area contributed by atoms with Gasteiger partial charge >= 0.3 is 12.0 Å². The van der Waals surface area contributed by atoms with Gasteiger partial charge in [-0.15, -0.1) is 11.3 Å². The Bertz CT molecular complexity index is 485. The first-order valence-corrected chi connectivity index (χ1v) is 7.72. The van der Waals surface area contributed by atoms with Crippen LogP contribution in [0.4, 0.5) is 4.79 Å². The number of carboxylic acid groups (broad SMARTS) is 1. The van der Waals surface area contributed by atoms with Gasteiger partial charge in [-0.1, -0.05) is 13.3 Å². The maximum atomic E-state index is 12.1. The summed E-state index contributed by atoms with van der Waals surface area (Å²) in [4.78, 5) is 28.7. The van der Waals surface area contributed by atoms with Crippen molar-refractivity contribution in [3.63, 3.8) is 0 Å². The van der Waals surface area contributed by atoms with Gasteiger partial charge in [-0.05, 0) is 19.3 Å². The van der Waals surface area contributed by atoms with Gasteiger partial charge in [-0.2, -0.15) is 0 Å². The second-order valence-electron chi connectivity index (χ2n) is 4.87. The van der Waals surface area contributed by atoms with Gasteiger partial charge in [0.05, 0.1) is 6.54 Å². The van der Waals surface area contributed by atoms with E-state index in [1.165, 1.54) is 16.7 Å². The van der Waals surface area contributed by atoms with Crippen molar-refractivity contribution in [2.75, 3.05) is 6.54 Å². The summed E-state index contributed by atoms with van der Waals surface area (Å²) < 4.78 is 0. The van der Waals surface area contributed by atoms with Crippen LogP contribution in [0.15, 0.2) is 5.38 Å². The second-order valence-corrected chi connectivity index (χ2v) is 5.81. The second kappa shape index (κ2) is 6.69. The molecule has 0 radical (unpaired) electrons. The van der Waals surface area contributed by atoms with Gasteiger partial charge in [0, 0.05) is 18.0 Å². The van der Waals surface area contributed by atoms with Crippen LogP contribution in [-0.4, -0.2) is 39.6 Å². The summed E-state index contributed by atoms with van der Waals surface area (Å²) in [6.07, 6.45) is 4.23. The van der Waals surface area contributed by atoms with Crippen molar-refractivity contribution in [2.24, 2.45) is 0 Å². The predicted molar refractivity (Wildman–Crippen MR) is 75.9 cm³/mol. The molecule has 1 aliphatic carbocycles. The molecule has 110 valence electrons. The third kappa shape index (κ3) is 3.93. The van der Waals surface area contributed by atoms with E-state index in [1.54, 1.807) is 0 Å². The van der Waals surface area contributed by atoms with E-state index in [0.29, 0.717) is 11.0 Å². The molecule has 0 aliphatic heterocycles. The van der Waals surface area contributed by atoms with E-state index in [1.807, 2.05) is 4.90 Å². The summed E-state index contributed by atoms with van der Waals surface area (Å²) in [5.41, 5.74) is 0.0317. The third-order valence-corrected chi connectivity index (χ3v) is 4.01. The van der Waals surface area contributed by atoms with Crippen molar-refractivity contribution < 1.29 is 14.7 Å². The van der Waals surface area contributed by atoms with Crippen LogP contribution >= 0.6 is 11.3 Å². The fourth-order valence-electron chi connectivity index (χ4n) is 1.91. The Hall–Kier alpha value is -1.63. The minimum absolute atomic E-state index is 0.0317. The number of rotatable bonds is 7. The van der Waals surface area contributed by atoms with Crippen molar-refractivity contribution in [1.82, 2.24) is 15.2 Å². The van der Waals surface area contributed by atoms with Crippen LogP contribution in [0.1, 0.15) is 48.1 Å². The molecule has 1 fully saturated rings. The lowest BCUT2D eigenvalue weighted by Crippen LogP contribution is -2.41. The van der Waals surface area contributed by atoms with Gasteiger partial charge in [0.2, 0.25) is 0 Å². The maximum absolute atomic E-state index is 12.1. The van der Waals surface area contributed by atoms with Crippen LogP contribution in [0.5, 0.6) is 0 Å². The first kappa shape index (κ1) is 14.8. The topological polar surface area (TPSA) is 82.5 Å². The number of urea groups is 1. The van der Waals surface area contributed by atoms with Gasteiger partial charge in [0.15, 0.2) is 5.69 Å². The van der Waals surface area contributed by atoms with Crippen LogP contribution < -0.4 is 5.32 Å². The van der Waals surface area contributed by atoms with E-state index in [0.717, 1.165) is 32.2 Å². The van der Waals surface area contributed by atoms with Gasteiger partial charge in [0.1, 0.15) is 5.01 Å². The summed E-state index contributed by atoms with van der Waals surface area (Å²) in [6.45, 7) is 3.17. The van der Waals surface area contributed by atoms with E-state index in [2.05, 4.69) is 17.2 Å². The molecule has 7 heteroatoms. The Morgan fingerprint density at radius 3 is 2.85 bits per heavy atom. The molecule has 1 heterocycles. The Kier molecular flexibility index (Phi) is 4.94. The lowest BCUT2D eigenvalue weighted by atomic mass is 10.3. The van der Waals surface area contributed by atoms with Crippen molar-refractivity contribution in [1.29, 1.82) is 0 Å². The average Bonchev–Trinajstić information content (AvgIpc) is 3.14. The molecule has 6 nitrogen and oxygen atoms in total. The number of amides is 2. The van der Waals surface area contributed by atoms with E-state index >= 15 is 0 Å². The number of hydrogen-bond donors (Lipinski definition) is 2. The normalized spacial score (nSPS) is 14.1. The monoisotopic (exact) mass is 297 g/mol. The molecule has 0 unspecified atom stereocenters. The summed E-state index contributed by atoms with van der Waals surface area (Å²) in [5, 5.41) is 13.7. The van der Waals surface area contributed by atoms with Crippen LogP contribution in [0.3, 0.4) is 0 Å². The molecule has 0 saturated heterocycles. The Morgan fingerprint density at radius 2 is 2.30 bits per heavy atom. The number of unbranched alkanes of at least 4 members (excludes halogenated alkanes) is 1. The molecule has 2 N–H and O–H groups in total. The standard InChI is InChI=1S/C13H19N3O3S/c1-2-3-6-16(9-4-5-9)13(19)14-7-11-15-10(8-20-11)12(17)18/h8-9H,2-7H2,1H3,(H,14,19)(H,17,18). The molecule has 1 aliphatic rings. The maximum Gasteiger partial charge on any atom is 0.355 e. The average molecular weight is 297 g/mol. The Labute approximate surface area is 121 Å². The molecule has 1 aromatic rings. The molecule has 2 amide bonds. The van der Waals surface area contributed by atoms with Crippen molar-refractivity contribution in [3.05, 3.63) is 16.1 Å². The first-order valence-electron chi connectivity index (χ1n) is 6.84. The number of carbonyl (C=O) groups excluding carboxylic acids is 1. The summed E-state index contributed by atoms with van der Waals surface area (Å²) in [5.74, 6) is -1.04. The minimum atomic E-state index is -1.04. The number of carbonyl (C=O) groups is 2. The zero-order valence-corrected chi connectivity index (χ0v) is 12.3. The van der Waals surface area contributed by atoms with Crippen LogP contribution in [0.2, 0.25) is 0 Å². The van der Waals surface area contributed by atoms with E-state index < -0.39 is 5.97 Å². The Balaban J connectivity index is 1.84. The van der Waals surface area contributed by atoms with Crippen LogP contribution in [0, 0.1) is 0 Å². The summed E-state index contributed by atoms with van der Waals surface area (Å²) in [6, 6.07) is 0.306. The van der Waals surface area contributed by atoms with Crippen molar-refractivity contribution in [3.8, 4) is 0 Å². The highest BCUT2D eigenvalue weighted by Crippen LogP contribution is 2.27. The highest BCUT2D eigenvalue weighted by Gasteiger charge is 2.31. The Morgan fingerprint density at radius 1 is 1.55 bits per heavy atom. The molecule has 0 atom stereocenters. The number of hydrogen-bond acceptors (Lipinski definition) is 4. The highest BCUT2D eigenvalue weighted by molar-refractivity contribution is 7.09. The minimum Gasteiger partial charge on any atom is -0.476 e. The number of nitrogens with one attached hydrogen (secondary N) is 1. The molecule has 0 aromatic carbocycles. The van der Waals surface area contributed by atoms with Gasteiger partial charge in [-0.25, -0.2) is 14.6 Å². The fourth-order valence-corrected chi connectivity index (χ4v) is 2.62. The molecular formula is C13H19N3O3S. The zero-order chi connectivity index (χ0) is 14.5. The molecule has 20 heavy (non-hydrogen) atoms. The van der Waals surface area contributed by atoms with E-state index in [-0.39, 0.29) is 18.3 Å². The number of aromatic carboxylic acids is 1. The first-order chi connectivity index (χ1) is 9.61. The number of aromatic nitrogens is 1. The molecule has 2 rings (SSSR count). The predicted octanol–water partition coefficient (Wildman–Crippen LogP) is 2.32. The number of thiazole rings is 1. The zero-order valence-electron chi connectivity index (χ0n) is 11.5. The third-order valence-electron chi connectivity index (χ3n) is 3.16. The lowest BCUT2D eigenvalue weighted by molar-refractivity contribution is 0.0691. The quantitative estimate of drug-likeness (QED) is 0.809. The van der Waals surface area contributed by atoms with Crippen LogP contribution in [0.25, 0.3) is 0 Å². The van der Waals surface area contributed by atoms with Crippen LogP contribution in [-0.2, 0) is 6.54 Å². The number of nitrogens with zero attached hydrogens (tertiary/aromatic N) is 2. The summed E-state index contributed by atoms with van der Waals surface area (Å²) in [7, 11) is 0. The highest BCUT2D eigenvalue weighted by atomic mass is 32.1. The SMILES string of the molecule is CCCCN(C(=O)NCc1nc(C(=O)O)cs1)C1CC1. The molecule has 1 saturated carbocycles. The molecule has 1 aromatic heterocycles. The largest absolute Gasteiger partial charge is 0.476 e. The van der Waals surface area contributed by atoms with Gasteiger partial charge < -0.3 is 15.3 Å². The van der Waals surface area contributed by atoms with E-state index in [4.69, 9.17) is 5.11 Å². The number of carboxylic acids is 1. The van der Waals surface area contributed by atoms with E-state index in [9.17, 15) is 9.59 Å². The van der Waals surface area contributed by atoms with Gasteiger partial charge in [0.25, 0.3) is 0 Å². The molecular weight excluding hydrogens is 278 g/mol. The van der Waals surface area contributed by atoms with Gasteiger partial charge in [-0.3, -0.25) is 0 Å². The summed E-state index contributed by atoms with van der Waals surface area (Å²) >= 11 is 1.25. The van der Waals surface area contributed by atoms with Crippen molar-refractivity contribution >= 4 is 23.3 Å². The van der Waals surface area contributed by atoms with Crippen molar-refractivity contribution in [2.45, 2.75) is 45.2 Å². The molecule has 0 bridgehead atoms. The smallest absolute Gasteiger partial charge is 0.355 e.